The molecule has 0 bridgehead atoms. The molecular formula is C12H21N5. The molecule has 1 fully saturated rings. The Morgan fingerprint density at radius 1 is 1.29 bits per heavy atom. The van der Waals surface area contributed by atoms with Gasteiger partial charge < -0.3 is 15.6 Å². The van der Waals surface area contributed by atoms with E-state index in [1.807, 2.05) is 0 Å². The quantitative estimate of drug-likeness (QED) is 0.770. The number of fused-ring (bicyclic) bond motifs is 1. The van der Waals surface area contributed by atoms with Crippen LogP contribution in [0.3, 0.4) is 0 Å². The lowest BCUT2D eigenvalue weighted by Crippen LogP contribution is -2.37. The summed E-state index contributed by atoms with van der Waals surface area (Å²) >= 11 is 0. The number of piperidine rings is 1. The maximum Gasteiger partial charge on any atom is 0.134 e. The molecule has 0 spiro atoms. The minimum atomic E-state index is 0.271. The molecule has 1 aromatic heterocycles. The fourth-order valence-electron chi connectivity index (χ4n) is 2.88. The Labute approximate surface area is 102 Å². The predicted octanol–water partition coefficient (Wildman–Crippen LogP) is 0.236. The fourth-order valence-corrected chi connectivity index (χ4v) is 2.88. The molecule has 17 heavy (non-hydrogen) atoms. The maximum atomic E-state index is 5.95. The van der Waals surface area contributed by atoms with Crippen LogP contribution in [0.5, 0.6) is 0 Å². The molecule has 0 aliphatic carbocycles. The molecule has 3 N–H and O–H groups in total. The lowest BCUT2D eigenvalue weighted by molar-refractivity contribution is 0.382. The fraction of sp³-hybridized carbons (Fsp3) is 0.833. The minimum absolute atomic E-state index is 0.271. The van der Waals surface area contributed by atoms with Gasteiger partial charge in [-0.15, -0.1) is 10.2 Å². The third-order valence-electron chi connectivity index (χ3n) is 3.91. The summed E-state index contributed by atoms with van der Waals surface area (Å²) < 4.78 is 2.28. The average Bonchev–Trinajstić information content (AvgIpc) is 2.73. The summed E-state index contributed by atoms with van der Waals surface area (Å²) in [4.78, 5) is 0. The van der Waals surface area contributed by atoms with Crippen molar-refractivity contribution in [2.24, 2.45) is 5.73 Å². The molecule has 2 aliphatic rings. The van der Waals surface area contributed by atoms with E-state index in [4.69, 9.17) is 5.73 Å². The monoisotopic (exact) mass is 235 g/mol. The molecule has 3 heterocycles. The van der Waals surface area contributed by atoms with Gasteiger partial charge in [0.1, 0.15) is 11.6 Å². The second kappa shape index (κ2) is 4.74. The number of nitrogens with zero attached hydrogens (tertiary/aromatic N) is 3. The first-order chi connectivity index (χ1) is 8.33. The number of nitrogens with two attached hydrogens (primary N) is 1. The summed E-state index contributed by atoms with van der Waals surface area (Å²) in [6.45, 7) is 2.14. The zero-order valence-corrected chi connectivity index (χ0v) is 10.2. The Kier molecular flexibility index (Phi) is 3.11. The molecule has 3 rings (SSSR count). The van der Waals surface area contributed by atoms with Gasteiger partial charge in [-0.1, -0.05) is 6.42 Å². The van der Waals surface area contributed by atoms with Crippen molar-refractivity contribution in [3.05, 3.63) is 11.6 Å². The van der Waals surface area contributed by atoms with Crippen LogP contribution >= 0.6 is 0 Å². The molecule has 1 aromatic rings. The van der Waals surface area contributed by atoms with Crippen molar-refractivity contribution in [2.45, 2.75) is 57.2 Å². The van der Waals surface area contributed by atoms with Crippen LogP contribution in [0, 0.1) is 0 Å². The third-order valence-corrected chi connectivity index (χ3v) is 3.91. The second-order valence-electron chi connectivity index (χ2n) is 5.29. The highest BCUT2D eigenvalue weighted by atomic mass is 15.3. The van der Waals surface area contributed by atoms with Gasteiger partial charge in [0.05, 0.1) is 0 Å². The predicted molar refractivity (Wildman–Crippen MR) is 65.7 cm³/mol. The van der Waals surface area contributed by atoms with Crippen LogP contribution in [-0.4, -0.2) is 33.4 Å². The van der Waals surface area contributed by atoms with Gasteiger partial charge in [-0.05, 0) is 25.8 Å². The molecule has 94 valence electrons. The lowest BCUT2D eigenvalue weighted by atomic mass is 10.0. The van der Waals surface area contributed by atoms with Crippen LogP contribution in [-0.2, 0) is 19.4 Å². The number of aromatic nitrogens is 3. The molecule has 0 saturated carbocycles. The van der Waals surface area contributed by atoms with E-state index in [9.17, 15) is 0 Å². The first-order valence-corrected chi connectivity index (χ1v) is 6.73. The van der Waals surface area contributed by atoms with Crippen LogP contribution in [0.2, 0.25) is 0 Å². The molecule has 0 aromatic carbocycles. The van der Waals surface area contributed by atoms with Crippen LogP contribution in [0.4, 0.5) is 0 Å². The largest absolute Gasteiger partial charge is 0.327 e. The first kappa shape index (κ1) is 11.2. The van der Waals surface area contributed by atoms with E-state index in [2.05, 4.69) is 20.1 Å². The van der Waals surface area contributed by atoms with Gasteiger partial charge in [0, 0.05) is 31.5 Å². The van der Waals surface area contributed by atoms with Crippen molar-refractivity contribution in [1.29, 1.82) is 0 Å². The summed E-state index contributed by atoms with van der Waals surface area (Å²) in [5, 5.41) is 12.2. The molecule has 2 aliphatic heterocycles. The van der Waals surface area contributed by atoms with Gasteiger partial charge in [-0.2, -0.15) is 0 Å². The van der Waals surface area contributed by atoms with E-state index >= 15 is 0 Å². The minimum Gasteiger partial charge on any atom is -0.327 e. The summed E-state index contributed by atoms with van der Waals surface area (Å²) in [6, 6.07) is 0.861. The van der Waals surface area contributed by atoms with E-state index in [1.54, 1.807) is 0 Å². The second-order valence-corrected chi connectivity index (χ2v) is 5.29. The topological polar surface area (TPSA) is 68.8 Å². The Morgan fingerprint density at radius 2 is 2.24 bits per heavy atom. The van der Waals surface area contributed by atoms with Crippen LogP contribution in [0.1, 0.15) is 37.3 Å². The highest BCUT2D eigenvalue weighted by Gasteiger charge is 2.22. The summed E-state index contributed by atoms with van der Waals surface area (Å²) in [5.41, 5.74) is 5.95. The molecule has 0 radical (unpaired) electrons. The van der Waals surface area contributed by atoms with Crippen molar-refractivity contribution < 1.29 is 0 Å². The molecule has 0 amide bonds. The van der Waals surface area contributed by atoms with Crippen molar-refractivity contribution in [3.63, 3.8) is 0 Å². The Morgan fingerprint density at radius 3 is 3.06 bits per heavy atom. The van der Waals surface area contributed by atoms with Crippen LogP contribution < -0.4 is 11.1 Å². The molecular weight excluding hydrogens is 214 g/mol. The number of rotatable bonds is 2. The number of nitrogens with one attached hydrogen (secondary N) is 1. The average molecular weight is 235 g/mol. The Bertz CT molecular complexity index is 380. The van der Waals surface area contributed by atoms with Gasteiger partial charge in [-0.25, -0.2) is 0 Å². The molecule has 1 saturated heterocycles. The summed E-state index contributed by atoms with van der Waals surface area (Å²) in [5.74, 6) is 2.22. The van der Waals surface area contributed by atoms with Crippen molar-refractivity contribution in [1.82, 2.24) is 20.1 Å². The SMILES string of the molecule is NC1CCn2c(nnc2CC2CCCCN2)C1. The summed E-state index contributed by atoms with van der Waals surface area (Å²) in [7, 11) is 0. The lowest BCUT2D eigenvalue weighted by Gasteiger charge is -2.24. The first-order valence-electron chi connectivity index (χ1n) is 6.73. The third kappa shape index (κ3) is 2.35. The van der Waals surface area contributed by atoms with Gasteiger partial charge in [0.15, 0.2) is 0 Å². The van der Waals surface area contributed by atoms with E-state index in [-0.39, 0.29) is 6.04 Å². The van der Waals surface area contributed by atoms with Crippen molar-refractivity contribution >= 4 is 0 Å². The van der Waals surface area contributed by atoms with Gasteiger partial charge in [-0.3, -0.25) is 0 Å². The van der Waals surface area contributed by atoms with Gasteiger partial charge >= 0.3 is 0 Å². The smallest absolute Gasteiger partial charge is 0.134 e. The number of hydrogen-bond acceptors (Lipinski definition) is 4. The maximum absolute atomic E-state index is 5.95. The van der Waals surface area contributed by atoms with E-state index in [0.717, 1.165) is 44.0 Å². The normalized spacial score (nSPS) is 29.0. The van der Waals surface area contributed by atoms with E-state index < -0.39 is 0 Å². The zero-order valence-electron chi connectivity index (χ0n) is 10.2. The molecule has 2 atom stereocenters. The van der Waals surface area contributed by atoms with E-state index in [0.29, 0.717) is 6.04 Å². The number of hydrogen-bond donors (Lipinski definition) is 2. The van der Waals surface area contributed by atoms with Gasteiger partial charge in [0.2, 0.25) is 0 Å². The Balaban J connectivity index is 1.71. The van der Waals surface area contributed by atoms with Crippen LogP contribution in [0.25, 0.3) is 0 Å². The summed E-state index contributed by atoms with van der Waals surface area (Å²) in [6.07, 6.45) is 6.86. The van der Waals surface area contributed by atoms with E-state index in [1.165, 1.54) is 19.3 Å². The van der Waals surface area contributed by atoms with Gasteiger partial charge in [0.25, 0.3) is 0 Å². The zero-order chi connectivity index (χ0) is 11.7. The molecule has 5 nitrogen and oxygen atoms in total. The Hall–Kier alpha value is -0.940. The highest BCUT2D eigenvalue weighted by Crippen LogP contribution is 2.17. The van der Waals surface area contributed by atoms with Crippen LogP contribution in [0.15, 0.2) is 0 Å². The standard InChI is InChI=1S/C12H21N5/c13-9-4-6-17-11(7-9)15-16-12(17)8-10-3-1-2-5-14-10/h9-10,14H,1-8,13H2. The van der Waals surface area contributed by atoms with Crippen molar-refractivity contribution in [2.75, 3.05) is 6.54 Å². The van der Waals surface area contributed by atoms with Crippen molar-refractivity contribution in [3.8, 4) is 0 Å². The molecule has 2 unspecified atom stereocenters. The molecule has 5 heteroatoms. The highest BCUT2D eigenvalue weighted by molar-refractivity contribution is 5.03.